The molecule has 0 radical (unpaired) electrons. The predicted octanol–water partition coefficient (Wildman–Crippen LogP) is 3.32. The Morgan fingerprint density at radius 3 is 2.58 bits per heavy atom. The van der Waals surface area contributed by atoms with Crippen molar-refractivity contribution in [1.82, 2.24) is 5.32 Å². The van der Waals surface area contributed by atoms with Gasteiger partial charge in [-0.2, -0.15) is 13.2 Å². The summed E-state index contributed by atoms with van der Waals surface area (Å²) in [6.07, 6.45) is -5.02. The maximum absolute atomic E-state index is 11.9. The highest BCUT2D eigenvalue weighted by molar-refractivity contribution is 9.10. The van der Waals surface area contributed by atoms with E-state index in [9.17, 15) is 18.0 Å². The van der Waals surface area contributed by atoms with Gasteiger partial charge in [0, 0.05) is 10.9 Å². The third kappa shape index (κ3) is 7.17. The van der Waals surface area contributed by atoms with Gasteiger partial charge in [-0.1, -0.05) is 12.1 Å². The Hall–Kier alpha value is -1.08. The monoisotopic (exact) mass is 338 g/mol. The van der Waals surface area contributed by atoms with E-state index in [0.29, 0.717) is 5.69 Å². The van der Waals surface area contributed by atoms with Crippen LogP contribution in [0.2, 0.25) is 0 Å². The van der Waals surface area contributed by atoms with Crippen molar-refractivity contribution in [3.8, 4) is 0 Å². The van der Waals surface area contributed by atoms with Gasteiger partial charge in [0.2, 0.25) is 5.91 Å². The zero-order valence-electron chi connectivity index (χ0n) is 10.1. The fraction of sp³-hybridized carbons (Fsp3) is 0.417. The van der Waals surface area contributed by atoms with Gasteiger partial charge < -0.3 is 10.6 Å². The van der Waals surface area contributed by atoms with Crippen LogP contribution in [0, 0.1) is 0 Å². The number of amides is 1. The lowest BCUT2D eigenvalue weighted by atomic mass is 10.3. The molecule has 19 heavy (non-hydrogen) atoms. The molecule has 0 spiro atoms. The molecule has 0 aliphatic rings. The number of alkyl halides is 3. The van der Waals surface area contributed by atoms with Crippen molar-refractivity contribution in [2.75, 3.05) is 18.4 Å². The molecular weight excluding hydrogens is 325 g/mol. The van der Waals surface area contributed by atoms with Crippen LogP contribution in [0.5, 0.6) is 0 Å². The van der Waals surface area contributed by atoms with E-state index < -0.39 is 12.6 Å². The van der Waals surface area contributed by atoms with Gasteiger partial charge in [-0.15, -0.1) is 0 Å². The van der Waals surface area contributed by atoms with E-state index in [2.05, 4.69) is 26.6 Å². The molecule has 2 N–H and O–H groups in total. The molecule has 1 rings (SSSR count). The largest absolute Gasteiger partial charge is 0.389 e. The molecule has 1 aromatic rings. The smallest absolute Gasteiger partial charge is 0.324 e. The van der Waals surface area contributed by atoms with Gasteiger partial charge in [-0.05, 0) is 41.0 Å². The number of benzene rings is 1. The zero-order chi connectivity index (χ0) is 14.3. The highest BCUT2D eigenvalue weighted by Crippen LogP contribution is 2.21. The zero-order valence-corrected chi connectivity index (χ0v) is 11.6. The standard InChI is InChI=1S/C12H14BrF3N2O/c13-9-4-1-2-5-10(9)18-11(19)8-17-7-3-6-12(14,15)16/h1-2,4-5,17H,3,6-8H2,(H,18,19). The van der Waals surface area contributed by atoms with Crippen molar-refractivity contribution in [3.05, 3.63) is 28.7 Å². The molecule has 0 aromatic heterocycles. The molecule has 0 saturated heterocycles. The summed E-state index contributed by atoms with van der Waals surface area (Å²) in [7, 11) is 0. The van der Waals surface area contributed by atoms with Gasteiger partial charge in [0.1, 0.15) is 0 Å². The molecule has 1 aromatic carbocycles. The molecule has 0 fully saturated rings. The maximum atomic E-state index is 11.9. The highest BCUT2D eigenvalue weighted by Gasteiger charge is 2.25. The van der Waals surface area contributed by atoms with Crippen LogP contribution in [0.1, 0.15) is 12.8 Å². The second-order valence-corrected chi connectivity index (χ2v) is 4.78. The number of halogens is 4. The molecule has 106 valence electrons. The van der Waals surface area contributed by atoms with E-state index in [-0.39, 0.29) is 25.4 Å². The van der Waals surface area contributed by atoms with Crippen LogP contribution in [0.3, 0.4) is 0 Å². The molecule has 0 saturated carbocycles. The average Bonchev–Trinajstić information content (AvgIpc) is 2.30. The van der Waals surface area contributed by atoms with Crippen molar-refractivity contribution in [1.29, 1.82) is 0 Å². The number of carbonyl (C=O) groups is 1. The fourth-order valence-electron chi connectivity index (χ4n) is 1.37. The predicted molar refractivity (Wildman–Crippen MR) is 70.9 cm³/mol. The topological polar surface area (TPSA) is 41.1 Å². The number of anilines is 1. The lowest BCUT2D eigenvalue weighted by Gasteiger charge is -2.09. The quantitative estimate of drug-likeness (QED) is 0.781. The van der Waals surface area contributed by atoms with Crippen LogP contribution >= 0.6 is 15.9 Å². The third-order valence-corrected chi connectivity index (χ3v) is 2.94. The Kier molecular flexibility index (Phi) is 6.30. The van der Waals surface area contributed by atoms with E-state index in [0.717, 1.165) is 4.47 Å². The fourth-order valence-corrected chi connectivity index (χ4v) is 1.76. The summed E-state index contributed by atoms with van der Waals surface area (Å²) in [5.41, 5.74) is 0.629. The summed E-state index contributed by atoms with van der Waals surface area (Å²) in [4.78, 5) is 11.5. The van der Waals surface area contributed by atoms with Gasteiger partial charge in [0.15, 0.2) is 0 Å². The van der Waals surface area contributed by atoms with Crippen LogP contribution in [-0.4, -0.2) is 25.2 Å². The second kappa shape index (κ2) is 7.49. The van der Waals surface area contributed by atoms with Crippen LogP contribution in [0.4, 0.5) is 18.9 Å². The number of hydrogen-bond acceptors (Lipinski definition) is 2. The van der Waals surface area contributed by atoms with E-state index in [1.165, 1.54) is 0 Å². The summed E-state index contributed by atoms with van der Waals surface area (Å²) in [6, 6.07) is 7.10. The van der Waals surface area contributed by atoms with Crippen molar-refractivity contribution in [2.45, 2.75) is 19.0 Å². The van der Waals surface area contributed by atoms with Crippen molar-refractivity contribution in [3.63, 3.8) is 0 Å². The molecule has 0 aliphatic heterocycles. The SMILES string of the molecule is O=C(CNCCCC(F)(F)F)Nc1ccccc1Br. The number of nitrogens with one attached hydrogen (secondary N) is 2. The number of rotatable bonds is 6. The van der Waals surface area contributed by atoms with Crippen LogP contribution in [0.25, 0.3) is 0 Å². The average molecular weight is 339 g/mol. The summed E-state index contributed by atoms with van der Waals surface area (Å²) in [5.74, 6) is -0.293. The Morgan fingerprint density at radius 2 is 1.95 bits per heavy atom. The lowest BCUT2D eigenvalue weighted by Crippen LogP contribution is -2.29. The molecule has 1 amide bonds. The van der Waals surface area contributed by atoms with Crippen molar-refractivity contribution >= 4 is 27.5 Å². The second-order valence-electron chi connectivity index (χ2n) is 3.92. The molecule has 7 heteroatoms. The summed E-state index contributed by atoms with van der Waals surface area (Å²) in [5, 5.41) is 5.32. The summed E-state index contributed by atoms with van der Waals surface area (Å²) >= 11 is 3.28. The van der Waals surface area contributed by atoms with Crippen LogP contribution < -0.4 is 10.6 Å². The molecular formula is C12H14BrF3N2O. The Bertz CT molecular complexity index is 424. The van der Waals surface area contributed by atoms with Gasteiger partial charge in [0.25, 0.3) is 0 Å². The van der Waals surface area contributed by atoms with Crippen LogP contribution in [-0.2, 0) is 4.79 Å². The van der Waals surface area contributed by atoms with E-state index in [1.807, 2.05) is 6.07 Å². The molecule has 0 heterocycles. The maximum Gasteiger partial charge on any atom is 0.389 e. The molecule has 0 atom stereocenters. The van der Waals surface area contributed by atoms with Gasteiger partial charge in [-0.3, -0.25) is 4.79 Å². The molecule has 3 nitrogen and oxygen atoms in total. The Morgan fingerprint density at radius 1 is 1.26 bits per heavy atom. The van der Waals surface area contributed by atoms with Crippen molar-refractivity contribution < 1.29 is 18.0 Å². The number of hydrogen-bond donors (Lipinski definition) is 2. The molecule has 0 unspecified atom stereocenters. The first-order valence-electron chi connectivity index (χ1n) is 5.70. The lowest BCUT2D eigenvalue weighted by molar-refractivity contribution is -0.135. The first kappa shape index (κ1) is 16.0. The number of carbonyl (C=O) groups excluding carboxylic acids is 1. The van der Waals surface area contributed by atoms with Gasteiger partial charge >= 0.3 is 6.18 Å². The highest BCUT2D eigenvalue weighted by atomic mass is 79.9. The minimum Gasteiger partial charge on any atom is -0.324 e. The number of para-hydroxylation sites is 1. The minimum absolute atomic E-state index is 0.0147. The Labute approximate surface area is 117 Å². The van der Waals surface area contributed by atoms with Crippen molar-refractivity contribution in [2.24, 2.45) is 0 Å². The van der Waals surface area contributed by atoms with Crippen LogP contribution in [0.15, 0.2) is 28.7 Å². The molecule has 0 aliphatic carbocycles. The first-order valence-corrected chi connectivity index (χ1v) is 6.49. The first-order chi connectivity index (χ1) is 8.88. The van der Waals surface area contributed by atoms with E-state index in [4.69, 9.17) is 0 Å². The third-order valence-electron chi connectivity index (χ3n) is 2.25. The summed E-state index contributed by atoms with van der Waals surface area (Å²) in [6.45, 7) is 0.141. The Balaban J connectivity index is 2.20. The van der Waals surface area contributed by atoms with Gasteiger partial charge in [0.05, 0.1) is 12.2 Å². The van der Waals surface area contributed by atoms with E-state index >= 15 is 0 Å². The molecule has 0 bridgehead atoms. The van der Waals surface area contributed by atoms with E-state index in [1.54, 1.807) is 18.2 Å². The summed E-state index contributed by atoms with van der Waals surface area (Å²) < 4.78 is 36.3. The van der Waals surface area contributed by atoms with Gasteiger partial charge in [-0.25, -0.2) is 0 Å². The minimum atomic E-state index is -4.14. The normalized spacial score (nSPS) is 11.4.